The Kier molecular flexibility index (Phi) is 6.00. The number of piperazine rings is 2. The lowest BCUT2D eigenvalue weighted by atomic mass is 10.1. The number of fused-ring (bicyclic) bond motifs is 2. The van der Waals surface area contributed by atoms with Gasteiger partial charge in [-0.25, -0.2) is 4.52 Å². The van der Waals surface area contributed by atoms with Crippen LogP contribution in [-0.4, -0.2) is 81.0 Å². The Balaban J connectivity index is 1.31. The Labute approximate surface area is 213 Å². The number of hydrogen-bond acceptors (Lipinski definition) is 10. The molecule has 0 spiro atoms. The third-order valence-corrected chi connectivity index (χ3v) is 7.73. The number of nitrogens with zero attached hydrogens (tertiary/aromatic N) is 8. The van der Waals surface area contributed by atoms with Crippen LogP contribution in [0.4, 0.5) is 10.8 Å². The SMILES string of the molecule is CC(C)Nc1cc(-c2ccc3cc(C#N)cnn23)ncc1-c1nnc(N2CCN3CCNC[C@@H]3C2)s1. The summed E-state index contributed by atoms with van der Waals surface area (Å²) in [6, 6.07) is 10.7. The fourth-order valence-electron chi connectivity index (χ4n) is 4.95. The van der Waals surface area contributed by atoms with Crippen LogP contribution in [0.25, 0.3) is 27.5 Å². The van der Waals surface area contributed by atoms with Crippen LogP contribution in [0.15, 0.2) is 36.7 Å². The Bertz CT molecular complexity index is 1430. The maximum Gasteiger partial charge on any atom is 0.208 e. The summed E-state index contributed by atoms with van der Waals surface area (Å²) in [7, 11) is 0. The molecule has 11 heteroatoms. The molecular weight excluding hydrogens is 472 g/mol. The zero-order chi connectivity index (χ0) is 24.6. The molecule has 4 aromatic rings. The summed E-state index contributed by atoms with van der Waals surface area (Å²) < 4.78 is 1.81. The molecule has 4 aromatic heterocycles. The second kappa shape index (κ2) is 9.46. The van der Waals surface area contributed by atoms with E-state index in [1.54, 1.807) is 17.5 Å². The predicted molar refractivity (Wildman–Crippen MR) is 141 cm³/mol. The lowest BCUT2D eigenvalue weighted by Crippen LogP contribution is -2.61. The summed E-state index contributed by atoms with van der Waals surface area (Å²) in [6.45, 7) is 10.5. The predicted octanol–water partition coefficient (Wildman–Crippen LogP) is 2.70. The van der Waals surface area contributed by atoms with E-state index in [1.807, 2.05) is 35.0 Å². The lowest BCUT2D eigenvalue weighted by molar-refractivity contribution is 0.146. The van der Waals surface area contributed by atoms with Crippen molar-refractivity contribution in [3.63, 3.8) is 0 Å². The number of nitrogens with one attached hydrogen (secondary N) is 2. The molecule has 36 heavy (non-hydrogen) atoms. The summed E-state index contributed by atoms with van der Waals surface area (Å²) in [4.78, 5) is 9.71. The van der Waals surface area contributed by atoms with Gasteiger partial charge in [-0.05, 0) is 38.1 Å². The molecule has 0 saturated carbocycles. The topological polar surface area (TPSA) is 110 Å². The van der Waals surface area contributed by atoms with E-state index in [9.17, 15) is 5.26 Å². The van der Waals surface area contributed by atoms with Crippen molar-refractivity contribution in [2.45, 2.75) is 25.9 Å². The average Bonchev–Trinajstić information content (AvgIpc) is 3.55. The van der Waals surface area contributed by atoms with Gasteiger partial charge < -0.3 is 15.5 Å². The fourth-order valence-corrected chi connectivity index (χ4v) is 5.85. The molecule has 0 bridgehead atoms. The van der Waals surface area contributed by atoms with Crippen molar-refractivity contribution in [2.24, 2.45) is 0 Å². The van der Waals surface area contributed by atoms with Gasteiger partial charge in [0.15, 0.2) is 5.01 Å². The highest BCUT2D eigenvalue weighted by Crippen LogP contribution is 2.36. The van der Waals surface area contributed by atoms with Crippen molar-refractivity contribution in [1.29, 1.82) is 5.26 Å². The quantitative estimate of drug-likeness (QED) is 0.427. The summed E-state index contributed by atoms with van der Waals surface area (Å²) in [5.41, 5.74) is 4.95. The summed E-state index contributed by atoms with van der Waals surface area (Å²) in [5.74, 6) is 0. The van der Waals surface area contributed by atoms with Gasteiger partial charge in [0.1, 0.15) is 6.07 Å². The van der Waals surface area contributed by atoms with Crippen LogP contribution in [0.1, 0.15) is 19.4 Å². The van der Waals surface area contributed by atoms with E-state index in [4.69, 9.17) is 4.98 Å². The number of nitriles is 1. The van der Waals surface area contributed by atoms with Crippen LogP contribution in [0.5, 0.6) is 0 Å². The van der Waals surface area contributed by atoms with Gasteiger partial charge in [-0.15, -0.1) is 10.2 Å². The zero-order valence-electron chi connectivity index (χ0n) is 20.3. The third-order valence-electron chi connectivity index (χ3n) is 6.72. The Hall–Kier alpha value is -3.59. The standard InChI is InChI=1S/C25H28N10S/c1-16(2)30-21-10-22(23-4-3-18-9-17(11-26)12-29-35(18)23)28-14-20(21)24-31-32-25(36-24)34-8-7-33-6-5-27-13-19(33)15-34/h3-4,9-10,12,14,16,19,27H,5-8,13,15H2,1-2H3,(H,28,30)/t19-/m1/s1. The highest BCUT2D eigenvalue weighted by molar-refractivity contribution is 7.18. The van der Waals surface area contributed by atoms with Crippen LogP contribution >= 0.6 is 11.3 Å². The van der Waals surface area contributed by atoms with Crippen LogP contribution in [0, 0.1) is 11.3 Å². The van der Waals surface area contributed by atoms with E-state index in [2.05, 4.69) is 55.6 Å². The summed E-state index contributed by atoms with van der Waals surface area (Å²) in [6.07, 6.45) is 3.44. The maximum atomic E-state index is 9.18. The molecule has 0 aromatic carbocycles. The Morgan fingerprint density at radius 1 is 1.17 bits per heavy atom. The number of rotatable bonds is 5. The van der Waals surface area contributed by atoms with Crippen molar-refractivity contribution in [3.8, 4) is 28.0 Å². The lowest BCUT2D eigenvalue weighted by Gasteiger charge is -2.44. The van der Waals surface area contributed by atoms with Crippen LogP contribution in [-0.2, 0) is 0 Å². The molecule has 6 heterocycles. The average molecular weight is 501 g/mol. The molecule has 0 aliphatic carbocycles. The van der Waals surface area contributed by atoms with E-state index in [-0.39, 0.29) is 6.04 Å². The molecule has 0 amide bonds. The van der Waals surface area contributed by atoms with Crippen LogP contribution in [0.2, 0.25) is 0 Å². The Morgan fingerprint density at radius 2 is 2.08 bits per heavy atom. The van der Waals surface area contributed by atoms with Crippen molar-refractivity contribution in [1.82, 2.24) is 35.0 Å². The van der Waals surface area contributed by atoms with E-state index in [0.29, 0.717) is 11.6 Å². The first-order valence-corrected chi connectivity index (χ1v) is 13.1. The molecular formula is C25H28N10S. The van der Waals surface area contributed by atoms with Gasteiger partial charge in [0.2, 0.25) is 5.13 Å². The highest BCUT2D eigenvalue weighted by atomic mass is 32.1. The second-order valence-corrected chi connectivity index (χ2v) is 10.5. The zero-order valence-corrected chi connectivity index (χ0v) is 21.2. The molecule has 184 valence electrons. The van der Waals surface area contributed by atoms with E-state index >= 15 is 0 Å². The van der Waals surface area contributed by atoms with Gasteiger partial charge >= 0.3 is 0 Å². The van der Waals surface area contributed by atoms with E-state index in [1.165, 1.54) is 0 Å². The van der Waals surface area contributed by atoms with Gasteiger partial charge in [0.25, 0.3) is 0 Å². The molecule has 6 rings (SSSR count). The van der Waals surface area contributed by atoms with Gasteiger partial charge in [-0.1, -0.05) is 11.3 Å². The molecule has 2 N–H and O–H groups in total. The second-order valence-electron chi connectivity index (χ2n) is 9.56. The van der Waals surface area contributed by atoms with E-state index in [0.717, 1.165) is 77.6 Å². The molecule has 10 nitrogen and oxygen atoms in total. The van der Waals surface area contributed by atoms with Crippen LogP contribution < -0.4 is 15.5 Å². The fraction of sp³-hybridized carbons (Fsp3) is 0.400. The maximum absolute atomic E-state index is 9.18. The molecule has 2 aliphatic rings. The minimum absolute atomic E-state index is 0.235. The largest absolute Gasteiger partial charge is 0.382 e. The first kappa shape index (κ1) is 22.8. The monoisotopic (exact) mass is 500 g/mol. The van der Waals surface area contributed by atoms with Gasteiger partial charge in [-0.2, -0.15) is 10.4 Å². The van der Waals surface area contributed by atoms with Crippen molar-refractivity contribution < 1.29 is 0 Å². The van der Waals surface area contributed by atoms with Crippen molar-refractivity contribution in [3.05, 3.63) is 42.2 Å². The van der Waals surface area contributed by atoms with E-state index < -0.39 is 0 Å². The van der Waals surface area contributed by atoms with Crippen LogP contribution in [0.3, 0.4) is 0 Å². The first-order valence-electron chi connectivity index (χ1n) is 12.3. The van der Waals surface area contributed by atoms with Gasteiger partial charge in [-0.3, -0.25) is 9.88 Å². The van der Waals surface area contributed by atoms with Crippen molar-refractivity contribution >= 4 is 27.7 Å². The Morgan fingerprint density at radius 3 is 2.94 bits per heavy atom. The van der Waals surface area contributed by atoms with Crippen molar-refractivity contribution in [2.75, 3.05) is 49.5 Å². The summed E-state index contributed by atoms with van der Waals surface area (Å²) in [5, 5.41) is 31.6. The van der Waals surface area contributed by atoms with Gasteiger partial charge in [0, 0.05) is 63.2 Å². The normalized spacial score (nSPS) is 18.4. The highest BCUT2D eigenvalue weighted by Gasteiger charge is 2.30. The molecule has 2 saturated heterocycles. The smallest absolute Gasteiger partial charge is 0.208 e. The minimum atomic E-state index is 0.235. The molecule has 2 aliphatic heterocycles. The summed E-state index contributed by atoms with van der Waals surface area (Å²) >= 11 is 1.62. The molecule has 1 atom stereocenters. The molecule has 2 fully saturated rings. The number of aromatic nitrogens is 5. The number of pyridine rings is 1. The number of anilines is 2. The molecule has 0 unspecified atom stereocenters. The third kappa shape index (κ3) is 4.28. The minimum Gasteiger partial charge on any atom is -0.382 e. The first-order chi connectivity index (χ1) is 17.6. The number of hydrogen-bond donors (Lipinski definition) is 2. The molecule has 0 radical (unpaired) electrons. The van der Waals surface area contributed by atoms with Gasteiger partial charge in [0.05, 0.1) is 34.2 Å².